The summed E-state index contributed by atoms with van der Waals surface area (Å²) in [5.74, 6) is 0.985. The maximum Gasteiger partial charge on any atom is 0.267 e. The fourth-order valence-electron chi connectivity index (χ4n) is 2.76. The summed E-state index contributed by atoms with van der Waals surface area (Å²) in [6, 6.07) is 13.9. The second-order valence-corrected chi connectivity index (χ2v) is 5.64. The number of hydrogen-bond donors (Lipinski definition) is 1. The average molecular weight is 350 g/mol. The number of rotatable bonds is 6. The Kier molecular flexibility index (Phi) is 5.12. The monoisotopic (exact) mass is 350 g/mol. The Morgan fingerprint density at radius 3 is 2.42 bits per heavy atom. The van der Waals surface area contributed by atoms with Gasteiger partial charge < -0.3 is 9.47 Å². The summed E-state index contributed by atoms with van der Waals surface area (Å²) < 4.78 is 10.6. The highest BCUT2D eigenvalue weighted by molar-refractivity contribution is 6.11. The molecule has 0 bridgehead atoms. The Morgan fingerprint density at radius 2 is 1.77 bits per heavy atom. The molecule has 0 saturated carbocycles. The molecule has 0 radical (unpaired) electrons. The molecular weight excluding hydrogens is 332 g/mol. The number of nitrogens with zero attached hydrogens (tertiary/aromatic N) is 1. The number of aromatic amines is 1. The molecular formula is C20H18N2O4. The third-order valence-electron chi connectivity index (χ3n) is 4.09. The van der Waals surface area contributed by atoms with E-state index < -0.39 is 0 Å². The number of para-hydroxylation sites is 1. The molecule has 0 spiro atoms. The first-order chi connectivity index (χ1) is 12.6. The summed E-state index contributed by atoms with van der Waals surface area (Å²) in [5, 5.41) is 6.10. The highest BCUT2D eigenvalue weighted by atomic mass is 16.5. The fraction of sp³-hybridized carbons (Fsp3) is 0.150. The number of nitrogens with one attached hydrogen (secondary N) is 1. The van der Waals surface area contributed by atoms with E-state index in [0.717, 1.165) is 5.56 Å². The van der Waals surface area contributed by atoms with Crippen molar-refractivity contribution in [1.29, 1.82) is 0 Å². The zero-order valence-electron chi connectivity index (χ0n) is 14.5. The number of hydrogen-bond acceptors (Lipinski definition) is 5. The minimum absolute atomic E-state index is 0.157. The lowest BCUT2D eigenvalue weighted by molar-refractivity contribution is 0.103. The number of aromatic nitrogens is 2. The Labute approximate surface area is 150 Å². The fourth-order valence-corrected chi connectivity index (χ4v) is 2.76. The number of benzene rings is 2. The molecule has 0 aliphatic rings. The number of ketones is 1. The molecule has 26 heavy (non-hydrogen) atoms. The van der Waals surface area contributed by atoms with Gasteiger partial charge in [-0.3, -0.25) is 9.59 Å². The van der Waals surface area contributed by atoms with Gasteiger partial charge >= 0.3 is 0 Å². The Balaban J connectivity index is 1.98. The summed E-state index contributed by atoms with van der Waals surface area (Å²) in [6.45, 7) is 0. The van der Waals surface area contributed by atoms with Crippen LogP contribution in [-0.2, 0) is 6.42 Å². The van der Waals surface area contributed by atoms with Gasteiger partial charge in [-0.25, -0.2) is 5.10 Å². The van der Waals surface area contributed by atoms with Crippen LogP contribution in [0.4, 0.5) is 0 Å². The van der Waals surface area contributed by atoms with E-state index in [1.807, 2.05) is 6.07 Å². The van der Waals surface area contributed by atoms with Crippen LogP contribution in [0.1, 0.15) is 27.0 Å². The van der Waals surface area contributed by atoms with Crippen molar-refractivity contribution in [3.8, 4) is 11.5 Å². The molecule has 0 aliphatic heterocycles. The number of carbonyl (C=O) groups is 1. The molecule has 3 aromatic rings. The molecule has 3 rings (SSSR count). The molecule has 0 saturated heterocycles. The van der Waals surface area contributed by atoms with Crippen molar-refractivity contribution in [3.05, 3.63) is 87.3 Å². The van der Waals surface area contributed by atoms with Gasteiger partial charge in [-0.15, -0.1) is 0 Å². The van der Waals surface area contributed by atoms with Gasteiger partial charge in [0.1, 0.15) is 11.5 Å². The SMILES string of the molecule is COc1ccc(C(=O)c2cccc(Cc3ccn[nH]c3=O)c2OC)cc1. The quantitative estimate of drug-likeness (QED) is 0.691. The largest absolute Gasteiger partial charge is 0.497 e. The van der Waals surface area contributed by atoms with E-state index >= 15 is 0 Å². The Hall–Kier alpha value is -3.41. The highest BCUT2D eigenvalue weighted by Crippen LogP contribution is 2.28. The first-order valence-electron chi connectivity index (χ1n) is 8.01. The molecule has 0 amide bonds. The normalized spacial score (nSPS) is 10.4. The lowest BCUT2D eigenvalue weighted by atomic mass is 9.97. The lowest BCUT2D eigenvalue weighted by Gasteiger charge is -2.13. The first-order valence-corrected chi connectivity index (χ1v) is 8.01. The van der Waals surface area contributed by atoms with E-state index in [1.54, 1.807) is 49.6 Å². The lowest BCUT2D eigenvalue weighted by Crippen LogP contribution is -2.14. The molecule has 6 nitrogen and oxygen atoms in total. The second-order valence-electron chi connectivity index (χ2n) is 5.64. The second kappa shape index (κ2) is 7.65. The minimum atomic E-state index is -0.263. The van der Waals surface area contributed by atoms with Crippen LogP contribution in [0, 0.1) is 0 Å². The van der Waals surface area contributed by atoms with Gasteiger partial charge in [-0.2, -0.15) is 5.10 Å². The van der Waals surface area contributed by atoms with Crippen molar-refractivity contribution in [3.63, 3.8) is 0 Å². The van der Waals surface area contributed by atoms with Gasteiger partial charge in [-0.1, -0.05) is 12.1 Å². The van der Waals surface area contributed by atoms with Crippen LogP contribution < -0.4 is 15.0 Å². The smallest absolute Gasteiger partial charge is 0.267 e. The number of H-pyrrole nitrogens is 1. The van der Waals surface area contributed by atoms with Crippen molar-refractivity contribution in [2.75, 3.05) is 14.2 Å². The molecule has 0 unspecified atom stereocenters. The van der Waals surface area contributed by atoms with E-state index in [1.165, 1.54) is 13.3 Å². The predicted octanol–water partition coefficient (Wildman–Crippen LogP) is 2.61. The molecule has 132 valence electrons. The van der Waals surface area contributed by atoms with Gasteiger partial charge in [-0.05, 0) is 42.0 Å². The van der Waals surface area contributed by atoms with Crippen molar-refractivity contribution >= 4 is 5.78 Å². The average Bonchev–Trinajstić information content (AvgIpc) is 2.69. The molecule has 1 aromatic heterocycles. The Morgan fingerprint density at radius 1 is 1.00 bits per heavy atom. The maximum absolute atomic E-state index is 12.9. The van der Waals surface area contributed by atoms with Gasteiger partial charge in [0.2, 0.25) is 0 Å². The molecule has 1 heterocycles. The van der Waals surface area contributed by atoms with Crippen molar-refractivity contribution in [2.24, 2.45) is 0 Å². The van der Waals surface area contributed by atoms with Gasteiger partial charge in [0, 0.05) is 23.7 Å². The molecule has 1 N–H and O–H groups in total. The number of methoxy groups -OCH3 is 2. The number of carbonyl (C=O) groups excluding carboxylic acids is 1. The standard InChI is InChI=1S/C20H18N2O4/c1-25-16-8-6-13(7-9-16)18(23)17-5-3-4-14(19(17)26-2)12-15-10-11-21-22-20(15)24/h3-11H,12H2,1-2H3,(H,22,24). The zero-order chi connectivity index (χ0) is 18.5. The van der Waals surface area contributed by atoms with E-state index in [2.05, 4.69) is 10.2 Å². The van der Waals surface area contributed by atoms with E-state index in [0.29, 0.717) is 34.6 Å². The summed E-state index contributed by atoms with van der Waals surface area (Å²) in [4.78, 5) is 24.8. The summed E-state index contributed by atoms with van der Waals surface area (Å²) in [7, 11) is 3.09. The maximum atomic E-state index is 12.9. The minimum Gasteiger partial charge on any atom is -0.497 e. The van der Waals surface area contributed by atoms with Crippen molar-refractivity contribution < 1.29 is 14.3 Å². The summed E-state index contributed by atoms with van der Waals surface area (Å²) in [6.07, 6.45) is 1.86. The molecule has 2 aromatic carbocycles. The van der Waals surface area contributed by atoms with E-state index in [9.17, 15) is 9.59 Å². The highest BCUT2D eigenvalue weighted by Gasteiger charge is 2.18. The Bertz CT molecular complexity index is 978. The van der Waals surface area contributed by atoms with E-state index in [-0.39, 0.29) is 11.3 Å². The van der Waals surface area contributed by atoms with Crippen molar-refractivity contribution in [1.82, 2.24) is 10.2 Å². The van der Waals surface area contributed by atoms with Crippen molar-refractivity contribution in [2.45, 2.75) is 6.42 Å². The van der Waals surface area contributed by atoms with Crippen LogP contribution in [0.15, 0.2) is 59.5 Å². The first kappa shape index (κ1) is 17.4. The van der Waals surface area contributed by atoms with Crippen LogP contribution in [0.3, 0.4) is 0 Å². The molecule has 0 atom stereocenters. The third-order valence-corrected chi connectivity index (χ3v) is 4.09. The topological polar surface area (TPSA) is 81.3 Å². The van der Waals surface area contributed by atoms with Crippen LogP contribution in [-0.4, -0.2) is 30.2 Å². The van der Waals surface area contributed by atoms with Crippen LogP contribution in [0.2, 0.25) is 0 Å². The van der Waals surface area contributed by atoms with Gasteiger partial charge in [0.25, 0.3) is 5.56 Å². The van der Waals surface area contributed by atoms with Crippen LogP contribution >= 0.6 is 0 Å². The summed E-state index contributed by atoms with van der Waals surface area (Å²) >= 11 is 0. The van der Waals surface area contributed by atoms with Gasteiger partial charge in [0.15, 0.2) is 5.78 Å². The molecule has 6 heteroatoms. The van der Waals surface area contributed by atoms with Crippen LogP contribution in [0.25, 0.3) is 0 Å². The molecule has 0 fully saturated rings. The summed E-state index contributed by atoms with van der Waals surface area (Å²) in [5.41, 5.74) is 2.01. The predicted molar refractivity (Wildman–Crippen MR) is 97.1 cm³/mol. The molecule has 0 aliphatic carbocycles. The van der Waals surface area contributed by atoms with E-state index in [4.69, 9.17) is 9.47 Å². The van der Waals surface area contributed by atoms with Gasteiger partial charge in [0.05, 0.1) is 19.8 Å². The van der Waals surface area contributed by atoms with Crippen LogP contribution in [0.5, 0.6) is 11.5 Å². The third kappa shape index (κ3) is 3.49. The zero-order valence-corrected chi connectivity index (χ0v) is 14.5. The number of ether oxygens (including phenoxy) is 2.